The maximum Gasteiger partial charge on any atom is 0.174 e. The minimum atomic E-state index is -0.459. The molecular weight excluding hydrogens is 226 g/mol. The van der Waals surface area contributed by atoms with Crippen molar-refractivity contribution in [3.05, 3.63) is 17.7 Å². The third kappa shape index (κ3) is 2.42. The van der Waals surface area contributed by atoms with Crippen LogP contribution in [0.15, 0.2) is 17.0 Å². The largest absolute Gasteiger partial charge is 0.492 e. The van der Waals surface area contributed by atoms with Gasteiger partial charge in [0, 0.05) is 5.56 Å². The molecular formula is C11H17NO3S. The SMILES string of the molecule is COc1c(SC)ccc(C(N)CO)c1OC. The fraction of sp³-hybridized carbons (Fsp3) is 0.455. The van der Waals surface area contributed by atoms with Gasteiger partial charge in [-0.3, -0.25) is 0 Å². The van der Waals surface area contributed by atoms with Gasteiger partial charge in [-0.1, -0.05) is 6.07 Å². The predicted octanol–water partition coefficient (Wildman–Crippen LogP) is 1.42. The van der Waals surface area contributed by atoms with Crippen molar-refractivity contribution in [2.45, 2.75) is 10.9 Å². The molecule has 90 valence electrons. The molecule has 0 amide bonds. The van der Waals surface area contributed by atoms with E-state index in [4.69, 9.17) is 20.3 Å². The lowest BCUT2D eigenvalue weighted by atomic mass is 10.1. The van der Waals surface area contributed by atoms with E-state index in [1.807, 2.05) is 18.4 Å². The molecule has 0 aliphatic carbocycles. The highest BCUT2D eigenvalue weighted by Crippen LogP contribution is 2.40. The molecule has 0 bridgehead atoms. The molecule has 5 heteroatoms. The molecule has 0 aromatic heterocycles. The minimum Gasteiger partial charge on any atom is -0.492 e. The topological polar surface area (TPSA) is 64.7 Å². The van der Waals surface area contributed by atoms with Crippen molar-refractivity contribution < 1.29 is 14.6 Å². The fourth-order valence-electron chi connectivity index (χ4n) is 1.51. The highest BCUT2D eigenvalue weighted by molar-refractivity contribution is 7.98. The molecule has 3 N–H and O–H groups in total. The number of aliphatic hydroxyl groups excluding tert-OH is 1. The zero-order valence-corrected chi connectivity index (χ0v) is 10.5. The standard InChI is InChI=1S/C11H17NO3S/c1-14-10-7(8(12)6-13)4-5-9(16-3)11(10)15-2/h4-5,8,13H,6,12H2,1-3H3. The van der Waals surface area contributed by atoms with Gasteiger partial charge in [0.25, 0.3) is 0 Å². The second-order valence-electron chi connectivity index (χ2n) is 3.21. The molecule has 0 fully saturated rings. The highest BCUT2D eigenvalue weighted by atomic mass is 32.2. The Morgan fingerprint density at radius 1 is 1.31 bits per heavy atom. The monoisotopic (exact) mass is 243 g/mol. The summed E-state index contributed by atoms with van der Waals surface area (Å²) in [5, 5.41) is 9.07. The van der Waals surface area contributed by atoms with Crippen molar-refractivity contribution in [3.8, 4) is 11.5 Å². The first-order chi connectivity index (χ1) is 7.69. The van der Waals surface area contributed by atoms with Crippen LogP contribution in [-0.4, -0.2) is 32.2 Å². The van der Waals surface area contributed by atoms with Crippen LogP contribution in [0.2, 0.25) is 0 Å². The number of aliphatic hydroxyl groups is 1. The minimum absolute atomic E-state index is 0.127. The molecule has 0 heterocycles. The van der Waals surface area contributed by atoms with Crippen LogP contribution in [0.3, 0.4) is 0 Å². The number of methoxy groups -OCH3 is 2. The maximum atomic E-state index is 9.07. The third-order valence-corrected chi connectivity index (χ3v) is 3.09. The quantitative estimate of drug-likeness (QED) is 0.766. The average Bonchev–Trinajstić information content (AvgIpc) is 2.35. The van der Waals surface area contributed by atoms with Crippen LogP contribution < -0.4 is 15.2 Å². The van der Waals surface area contributed by atoms with Crippen molar-refractivity contribution in [1.82, 2.24) is 0 Å². The molecule has 0 aliphatic heterocycles. The van der Waals surface area contributed by atoms with E-state index in [2.05, 4.69) is 0 Å². The second-order valence-corrected chi connectivity index (χ2v) is 4.06. The Morgan fingerprint density at radius 2 is 1.94 bits per heavy atom. The van der Waals surface area contributed by atoms with E-state index < -0.39 is 6.04 Å². The van der Waals surface area contributed by atoms with E-state index in [9.17, 15) is 0 Å². The van der Waals surface area contributed by atoms with Gasteiger partial charge in [-0.2, -0.15) is 0 Å². The zero-order chi connectivity index (χ0) is 12.1. The molecule has 1 aromatic rings. The summed E-state index contributed by atoms with van der Waals surface area (Å²) in [5.74, 6) is 1.26. The van der Waals surface area contributed by atoms with Crippen molar-refractivity contribution in [1.29, 1.82) is 0 Å². The van der Waals surface area contributed by atoms with Gasteiger partial charge in [0.15, 0.2) is 11.5 Å². The molecule has 0 aliphatic rings. The maximum absolute atomic E-state index is 9.07. The summed E-state index contributed by atoms with van der Waals surface area (Å²) in [6, 6.07) is 3.31. The molecule has 0 saturated carbocycles. The second kappa shape index (κ2) is 5.98. The summed E-state index contributed by atoms with van der Waals surface area (Å²) >= 11 is 1.57. The summed E-state index contributed by atoms with van der Waals surface area (Å²) in [6.07, 6.45) is 1.96. The van der Waals surface area contributed by atoms with Gasteiger partial charge in [-0.25, -0.2) is 0 Å². The number of rotatable bonds is 5. The van der Waals surface area contributed by atoms with Crippen LogP contribution in [0.5, 0.6) is 11.5 Å². The lowest BCUT2D eigenvalue weighted by Gasteiger charge is -2.18. The van der Waals surface area contributed by atoms with Crippen LogP contribution in [-0.2, 0) is 0 Å². The third-order valence-electron chi connectivity index (χ3n) is 2.33. The van der Waals surface area contributed by atoms with Gasteiger partial charge in [-0.05, 0) is 12.3 Å². The number of thioether (sulfide) groups is 1. The summed E-state index contributed by atoms with van der Waals surface area (Å²) in [6.45, 7) is -0.127. The van der Waals surface area contributed by atoms with Crippen molar-refractivity contribution in [2.24, 2.45) is 5.73 Å². The van der Waals surface area contributed by atoms with Crippen molar-refractivity contribution in [2.75, 3.05) is 27.1 Å². The normalized spacial score (nSPS) is 12.3. The van der Waals surface area contributed by atoms with E-state index in [0.717, 1.165) is 10.5 Å². The molecule has 0 radical (unpaired) electrons. The molecule has 16 heavy (non-hydrogen) atoms. The average molecular weight is 243 g/mol. The van der Waals surface area contributed by atoms with Gasteiger partial charge in [0.1, 0.15) is 0 Å². The first kappa shape index (κ1) is 13.2. The fourth-order valence-corrected chi connectivity index (χ4v) is 2.08. The van der Waals surface area contributed by atoms with Gasteiger partial charge in [-0.15, -0.1) is 11.8 Å². The summed E-state index contributed by atoms with van der Waals surface area (Å²) in [4.78, 5) is 0.980. The Bertz CT molecular complexity index is 357. The first-order valence-electron chi connectivity index (χ1n) is 4.84. The Morgan fingerprint density at radius 3 is 2.38 bits per heavy atom. The molecule has 0 saturated heterocycles. The Hall–Kier alpha value is -0.910. The molecule has 1 atom stereocenters. The Labute approximate surface area is 99.7 Å². The zero-order valence-electron chi connectivity index (χ0n) is 9.69. The summed E-state index contributed by atoms with van der Waals surface area (Å²) < 4.78 is 10.6. The van der Waals surface area contributed by atoms with E-state index in [0.29, 0.717) is 11.5 Å². The van der Waals surface area contributed by atoms with Gasteiger partial charge < -0.3 is 20.3 Å². The molecule has 0 spiro atoms. The van der Waals surface area contributed by atoms with E-state index in [-0.39, 0.29) is 6.61 Å². The van der Waals surface area contributed by atoms with E-state index in [1.165, 1.54) is 0 Å². The van der Waals surface area contributed by atoms with Crippen LogP contribution in [0.4, 0.5) is 0 Å². The Kier molecular flexibility index (Phi) is 4.92. The van der Waals surface area contributed by atoms with Crippen LogP contribution in [0, 0.1) is 0 Å². The van der Waals surface area contributed by atoms with Crippen molar-refractivity contribution >= 4 is 11.8 Å². The molecule has 4 nitrogen and oxygen atoms in total. The predicted molar refractivity (Wildman–Crippen MR) is 65.3 cm³/mol. The van der Waals surface area contributed by atoms with Gasteiger partial charge >= 0.3 is 0 Å². The van der Waals surface area contributed by atoms with Crippen LogP contribution in [0.1, 0.15) is 11.6 Å². The number of hydrogen-bond acceptors (Lipinski definition) is 5. The van der Waals surface area contributed by atoms with Gasteiger partial charge in [0.2, 0.25) is 0 Å². The summed E-state index contributed by atoms with van der Waals surface area (Å²) in [5.41, 5.74) is 6.54. The highest BCUT2D eigenvalue weighted by Gasteiger charge is 2.18. The molecule has 1 aromatic carbocycles. The first-order valence-corrected chi connectivity index (χ1v) is 6.07. The number of benzene rings is 1. The van der Waals surface area contributed by atoms with E-state index >= 15 is 0 Å². The molecule has 1 rings (SSSR count). The van der Waals surface area contributed by atoms with Gasteiger partial charge in [0.05, 0.1) is 31.8 Å². The Balaban J connectivity index is 3.31. The van der Waals surface area contributed by atoms with Crippen molar-refractivity contribution in [3.63, 3.8) is 0 Å². The lowest BCUT2D eigenvalue weighted by molar-refractivity contribution is 0.262. The number of hydrogen-bond donors (Lipinski definition) is 2. The summed E-state index contributed by atoms with van der Waals surface area (Å²) in [7, 11) is 3.15. The van der Waals surface area contributed by atoms with E-state index in [1.54, 1.807) is 26.0 Å². The number of nitrogens with two attached hydrogens (primary N) is 1. The molecule has 1 unspecified atom stereocenters. The smallest absolute Gasteiger partial charge is 0.174 e. The van der Waals surface area contributed by atoms with Crippen LogP contribution in [0.25, 0.3) is 0 Å². The van der Waals surface area contributed by atoms with Crippen LogP contribution >= 0.6 is 11.8 Å². The number of ether oxygens (including phenoxy) is 2. The lowest BCUT2D eigenvalue weighted by Crippen LogP contribution is -2.16.